The molecule has 2 heterocycles. The van der Waals surface area contributed by atoms with Crippen LogP contribution in [0.2, 0.25) is 0 Å². The second kappa shape index (κ2) is 10.0. The molecule has 1 fully saturated rings. The van der Waals surface area contributed by atoms with Gasteiger partial charge in [0.2, 0.25) is 5.13 Å². The van der Waals surface area contributed by atoms with E-state index in [1.54, 1.807) is 48.5 Å². The molecule has 8 nitrogen and oxygen atoms in total. The Hall–Kier alpha value is -3.72. The van der Waals surface area contributed by atoms with E-state index in [2.05, 4.69) is 10.2 Å². The molecule has 0 aliphatic carbocycles. The summed E-state index contributed by atoms with van der Waals surface area (Å²) in [4.78, 5) is 27.7. The van der Waals surface area contributed by atoms with E-state index in [1.165, 1.54) is 23.3 Å². The molecule has 1 unspecified atom stereocenters. The number of Topliss-reactive ketones (excluding diaryl/α,β-unsaturated/α-hetero) is 1. The second-order valence-corrected chi connectivity index (χ2v) is 8.67. The highest BCUT2D eigenvalue weighted by molar-refractivity contribution is 7.15. The van der Waals surface area contributed by atoms with E-state index < -0.39 is 17.7 Å². The van der Waals surface area contributed by atoms with Crippen LogP contribution in [0.4, 0.5) is 5.13 Å². The normalized spacial score (nSPS) is 17.3. The quantitative estimate of drug-likeness (QED) is 0.288. The summed E-state index contributed by atoms with van der Waals surface area (Å²) in [6, 6.07) is 13.0. The zero-order chi connectivity index (χ0) is 24.2. The number of amides is 1. The predicted molar refractivity (Wildman–Crippen MR) is 129 cm³/mol. The SMILES string of the molecule is CCCOc1ccc(C2/C(=C(\O)c3ccccc3)C(=O)C(=O)N2c2nnc(CC)s2)cc1OC. The molecule has 34 heavy (non-hydrogen) atoms. The molecule has 3 aromatic rings. The number of hydrogen-bond acceptors (Lipinski definition) is 8. The Balaban J connectivity index is 1.90. The zero-order valence-electron chi connectivity index (χ0n) is 19.1. The number of methoxy groups -OCH3 is 1. The molecule has 0 radical (unpaired) electrons. The van der Waals surface area contributed by atoms with Crippen LogP contribution in [-0.2, 0) is 16.0 Å². The number of aryl methyl sites for hydroxylation is 1. The Kier molecular flexibility index (Phi) is 6.93. The van der Waals surface area contributed by atoms with Crippen molar-refractivity contribution < 1.29 is 24.2 Å². The Morgan fingerprint density at radius 2 is 1.85 bits per heavy atom. The maximum atomic E-state index is 13.2. The number of aromatic nitrogens is 2. The molecule has 4 rings (SSSR count). The highest BCUT2D eigenvalue weighted by atomic mass is 32.1. The molecular formula is C25H25N3O5S. The molecule has 0 spiro atoms. The van der Waals surface area contributed by atoms with Gasteiger partial charge in [-0.2, -0.15) is 0 Å². The number of nitrogens with zero attached hydrogens (tertiary/aromatic N) is 3. The van der Waals surface area contributed by atoms with Crippen LogP contribution in [0, 0.1) is 0 Å². The van der Waals surface area contributed by atoms with Gasteiger partial charge < -0.3 is 14.6 Å². The lowest BCUT2D eigenvalue weighted by molar-refractivity contribution is -0.132. The molecule has 1 N–H and O–H groups in total. The number of anilines is 1. The van der Waals surface area contributed by atoms with E-state index in [4.69, 9.17) is 9.47 Å². The summed E-state index contributed by atoms with van der Waals surface area (Å²) in [5, 5.41) is 20.4. The van der Waals surface area contributed by atoms with Crippen LogP contribution in [0.3, 0.4) is 0 Å². The van der Waals surface area contributed by atoms with Crippen molar-refractivity contribution in [2.75, 3.05) is 18.6 Å². The number of aliphatic hydroxyl groups is 1. The Morgan fingerprint density at radius 3 is 2.50 bits per heavy atom. The van der Waals surface area contributed by atoms with E-state index in [0.717, 1.165) is 11.4 Å². The molecular weight excluding hydrogens is 454 g/mol. The highest BCUT2D eigenvalue weighted by Crippen LogP contribution is 2.44. The molecule has 176 valence electrons. The molecule has 1 aliphatic heterocycles. The van der Waals surface area contributed by atoms with E-state index in [-0.39, 0.29) is 11.3 Å². The molecule has 1 aliphatic rings. The topological polar surface area (TPSA) is 102 Å². The van der Waals surface area contributed by atoms with Crippen LogP contribution in [0.15, 0.2) is 54.1 Å². The van der Waals surface area contributed by atoms with Gasteiger partial charge in [-0.3, -0.25) is 14.5 Å². The van der Waals surface area contributed by atoms with Gasteiger partial charge in [0, 0.05) is 5.56 Å². The lowest BCUT2D eigenvalue weighted by atomic mass is 9.95. The predicted octanol–water partition coefficient (Wildman–Crippen LogP) is 4.52. The molecule has 1 amide bonds. The summed E-state index contributed by atoms with van der Waals surface area (Å²) < 4.78 is 11.3. The first-order valence-electron chi connectivity index (χ1n) is 11.0. The number of ketones is 1. The number of carbonyl (C=O) groups excluding carboxylic acids is 2. The van der Waals surface area contributed by atoms with Gasteiger partial charge in [-0.05, 0) is 30.5 Å². The van der Waals surface area contributed by atoms with Gasteiger partial charge >= 0.3 is 5.91 Å². The monoisotopic (exact) mass is 479 g/mol. The number of aliphatic hydroxyl groups excluding tert-OH is 1. The smallest absolute Gasteiger partial charge is 0.301 e. The van der Waals surface area contributed by atoms with Crippen LogP contribution >= 0.6 is 11.3 Å². The van der Waals surface area contributed by atoms with E-state index in [0.29, 0.717) is 40.8 Å². The molecule has 0 bridgehead atoms. The number of carbonyl (C=O) groups is 2. The third-order valence-electron chi connectivity index (χ3n) is 5.42. The van der Waals surface area contributed by atoms with Gasteiger partial charge in [0.1, 0.15) is 10.8 Å². The van der Waals surface area contributed by atoms with Crippen LogP contribution in [-0.4, -0.2) is 40.7 Å². The summed E-state index contributed by atoms with van der Waals surface area (Å²) >= 11 is 1.24. The van der Waals surface area contributed by atoms with Crippen LogP contribution in [0.25, 0.3) is 5.76 Å². The van der Waals surface area contributed by atoms with E-state index in [1.807, 2.05) is 13.8 Å². The molecule has 9 heteroatoms. The summed E-state index contributed by atoms with van der Waals surface area (Å²) in [7, 11) is 1.52. The molecule has 2 aromatic carbocycles. The fourth-order valence-electron chi connectivity index (χ4n) is 3.77. The zero-order valence-corrected chi connectivity index (χ0v) is 20.0. The average molecular weight is 480 g/mol. The summed E-state index contributed by atoms with van der Waals surface area (Å²) in [5.41, 5.74) is 0.992. The first kappa shape index (κ1) is 23.4. The van der Waals surface area contributed by atoms with E-state index in [9.17, 15) is 14.7 Å². The third-order valence-corrected chi connectivity index (χ3v) is 6.49. The minimum Gasteiger partial charge on any atom is -0.507 e. The minimum atomic E-state index is -0.910. The maximum absolute atomic E-state index is 13.2. The van der Waals surface area contributed by atoms with Crippen molar-refractivity contribution in [3.8, 4) is 11.5 Å². The van der Waals surface area contributed by atoms with Crippen molar-refractivity contribution in [2.45, 2.75) is 32.7 Å². The van der Waals surface area contributed by atoms with Crippen molar-refractivity contribution in [3.63, 3.8) is 0 Å². The lowest BCUT2D eigenvalue weighted by Gasteiger charge is -2.23. The summed E-state index contributed by atoms with van der Waals surface area (Å²) in [6.07, 6.45) is 1.48. The van der Waals surface area contributed by atoms with Crippen LogP contribution in [0.1, 0.15) is 42.4 Å². The summed E-state index contributed by atoms with van der Waals surface area (Å²) in [5.74, 6) is -0.798. The van der Waals surface area contributed by atoms with Gasteiger partial charge in [-0.15, -0.1) is 10.2 Å². The minimum absolute atomic E-state index is 0.0197. The van der Waals surface area contributed by atoms with Gasteiger partial charge in [-0.25, -0.2) is 0 Å². The Bertz CT molecular complexity index is 1240. The van der Waals surface area contributed by atoms with Crippen molar-refractivity contribution in [1.82, 2.24) is 10.2 Å². The fraction of sp³-hybridized carbons (Fsp3) is 0.280. The van der Waals surface area contributed by atoms with Crippen molar-refractivity contribution >= 4 is 33.9 Å². The molecule has 0 saturated carbocycles. The second-order valence-electron chi connectivity index (χ2n) is 7.63. The van der Waals surface area contributed by atoms with Crippen molar-refractivity contribution in [3.05, 3.63) is 70.2 Å². The lowest BCUT2D eigenvalue weighted by Crippen LogP contribution is -2.29. The van der Waals surface area contributed by atoms with Crippen LogP contribution in [0.5, 0.6) is 11.5 Å². The molecule has 1 atom stereocenters. The fourth-order valence-corrected chi connectivity index (χ4v) is 4.57. The van der Waals surface area contributed by atoms with Gasteiger partial charge in [0.25, 0.3) is 5.78 Å². The van der Waals surface area contributed by atoms with Gasteiger partial charge in [0.15, 0.2) is 11.5 Å². The first-order chi connectivity index (χ1) is 16.5. The average Bonchev–Trinajstić information content (AvgIpc) is 3.45. The van der Waals surface area contributed by atoms with Crippen molar-refractivity contribution in [1.29, 1.82) is 0 Å². The Morgan fingerprint density at radius 1 is 1.09 bits per heavy atom. The van der Waals surface area contributed by atoms with Gasteiger partial charge in [0.05, 0.1) is 25.3 Å². The van der Waals surface area contributed by atoms with Crippen molar-refractivity contribution in [2.24, 2.45) is 0 Å². The standard InChI is InChI=1S/C25H25N3O5S/c1-4-13-33-17-12-11-16(14-18(17)32-3)21-20(22(29)15-9-7-6-8-10-15)23(30)24(31)28(21)25-27-26-19(5-2)34-25/h6-12,14,21,29H,4-5,13H2,1-3H3/b22-20+. The third kappa shape index (κ3) is 4.26. The van der Waals surface area contributed by atoms with Crippen LogP contribution < -0.4 is 14.4 Å². The number of benzene rings is 2. The number of ether oxygens (including phenoxy) is 2. The number of hydrogen-bond donors (Lipinski definition) is 1. The molecule has 1 saturated heterocycles. The number of rotatable bonds is 8. The van der Waals surface area contributed by atoms with Gasteiger partial charge in [-0.1, -0.05) is 61.6 Å². The maximum Gasteiger partial charge on any atom is 0.301 e. The molecule has 1 aromatic heterocycles. The Labute approximate surface area is 201 Å². The largest absolute Gasteiger partial charge is 0.507 e. The van der Waals surface area contributed by atoms with E-state index >= 15 is 0 Å². The summed E-state index contributed by atoms with van der Waals surface area (Å²) in [6.45, 7) is 4.46. The highest BCUT2D eigenvalue weighted by Gasteiger charge is 2.48. The first-order valence-corrected chi connectivity index (χ1v) is 11.8.